The molecule has 4 nitrogen and oxygen atoms in total. The van der Waals surface area contributed by atoms with Gasteiger partial charge in [0.1, 0.15) is 11.3 Å². The molecule has 0 saturated carbocycles. The molecule has 0 bridgehead atoms. The summed E-state index contributed by atoms with van der Waals surface area (Å²) in [5.41, 5.74) is 3.12. The zero-order valence-corrected chi connectivity index (χ0v) is 12.8. The van der Waals surface area contributed by atoms with E-state index in [0.717, 1.165) is 29.1 Å². The van der Waals surface area contributed by atoms with E-state index >= 15 is 0 Å². The molecule has 1 fully saturated rings. The van der Waals surface area contributed by atoms with Crippen LogP contribution >= 0.6 is 0 Å². The minimum Gasteiger partial charge on any atom is -0.307 e. The second kappa shape index (κ2) is 5.54. The first-order valence-electron chi connectivity index (χ1n) is 7.90. The monoisotopic (exact) mass is 292 g/mol. The molecule has 112 valence electrons. The highest BCUT2D eigenvalue weighted by Gasteiger charge is 2.24. The summed E-state index contributed by atoms with van der Waals surface area (Å²) in [4.78, 5) is 11.9. The standard InChI is InChI=1S/C18H20N4/c1-21-12-6-9-15(21)13-22-17(14-7-3-2-4-8-14)20-16-10-5-11-19-18(16)22/h2-5,7-8,10-11,15H,6,9,12-13H2,1H3. The van der Waals surface area contributed by atoms with E-state index in [1.54, 1.807) is 0 Å². The van der Waals surface area contributed by atoms with E-state index in [2.05, 4.69) is 45.8 Å². The molecular weight excluding hydrogens is 272 g/mol. The Labute approximate surface area is 130 Å². The normalized spacial score (nSPS) is 19.0. The van der Waals surface area contributed by atoms with E-state index in [1.165, 1.54) is 19.4 Å². The van der Waals surface area contributed by atoms with Crippen LogP contribution in [-0.4, -0.2) is 39.1 Å². The molecule has 0 N–H and O–H groups in total. The average Bonchev–Trinajstić information content (AvgIpc) is 3.13. The van der Waals surface area contributed by atoms with Crippen molar-refractivity contribution in [2.45, 2.75) is 25.4 Å². The van der Waals surface area contributed by atoms with Crippen LogP contribution in [0.4, 0.5) is 0 Å². The van der Waals surface area contributed by atoms with Gasteiger partial charge in [-0.15, -0.1) is 0 Å². The molecule has 1 aliphatic rings. The number of likely N-dealkylation sites (N-methyl/N-ethyl adjacent to an activating group) is 1. The molecule has 1 unspecified atom stereocenters. The van der Waals surface area contributed by atoms with Crippen molar-refractivity contribution in [3.63, 3.8) is 0 Å². The molecule has 2 aromatic heterocycles. The first kappa shape index (κ1) is 13.5. The summed E-state index contributed by atoms with van der Waals surface area (Å²) in [7, 11) is 2.21. The molecule has 0 radical (unpaired) electrons. The van der Waals surface area contributed by atoms with Crippen molar-refractivity contribution in [3.8, 4) is 11.4 Å². The Hall–Kier alpha value is -2.20. The van der Waals surface area contributed by atoms with E-state index in [0.29, 0.717) is 6.04 Å². The minimum atomic E-state index is 0.571. The SMILES string of the molecule is CN1CCCC1Cn1c(-c2ccccc2)nc2cccnc21. The van der Waals surface area contributed by atoms with Crippen LogP contribution in [0.3, 0.4) is 0 Å². The van der Waals surface area contributed by atoms with Gasteiger partial charge in [-0.3, -0.25) is 0 Å². The smallest absolute Gasteiger partial charge is 0.160 e. The van der Waals surface area contributed by atoms with Crippen molar-refractivity contribution in [2.75, 3.05) is 13.6 Å². The summed E-state index contributed by atoms with van der Waals surface area (Å²) in [5.74, 6) is 1.02. The van der Waals surface area contributed by atoms with Gasteiger partial charge in [-0.2, -0.15) is 0 Å². The Morgan fingerprint density at radius 1 is 1.14 bits per heavy atom. The van der Waals surface area contributed by atoms with Gasteiger partial charge >= 0.3 is 0 Å². The largest absolute Gasteiger partial charge is 0.307 e. The molecule has 1 aromatic carbocycles. The molecular formula is C18H20N4. The highest BCUT2D eigenvalue weighted by atomic mass is 15.2. The first-order valence-corrected chi connectivity index (χ1v) is 7.90. The van der Waals surface area contributed by atoms with Gasteiger partial charge in [0.25, 0.3) is 0 Å². The summed E-state index contributed by atoms with van der Waals surface area (Å²) in [6.07, 6.45) is 4.38. The molecule has 1 aliphatic heterocycles. The van der Waals surface area contributed by atoms with Gasteiger partial charge in [0.05, 0.1) is 0 Å². The van der Waals surface area contributed by atoms with Crippen molar-refractivity contribution >= 4 is 11.2 Å². The Morgan fingerprint density at radius 3 is 2.77 bits per heavy atom. The summed E-state index contributed by atoms with van der Waals surface area (Å²) in [6, 6.07) is 15.0. The van der Waals surface area contributed by atoms with Crippen LogP contribution in [0.1, 0.15) is 12.8 Å². The predicted octanol–water partition coefficient (Wildman–Crippen LogP) is 3.19. The number of imidazole rings is 1. The third kappa shape index (κ3) is 2.29. The van der Waals surface area contributed by atoms with Gasteiger partial charge in [0, 0.05) is 24.3 Å². The summed E-state index contributed by atoms with van der Waals surface area (Å²) < 4.78 is 2.29. The summed E-state index contributed by atoms with van der Waals surface area (Å²) in [6.45, 7) is 2.14. The number of hydrogen-bond acceptors (Lipinski definition) is 3. The quantitative estimate of drug-likeness (QED) is 0.743. The number of fused-ring (bicyclic) bond motifs is 1. The Bertz CT molecular complexity index is 778. The van der Waals surface area contributed by atoms with Crippen LogP contribution in [0.5, 0.6) is 0 Å². The maximum Gasteiger partial charge on any atom is 0.160 e. The third-order valence-electron chi connectivity index (χ3n) is 4.60. The fraction of sp³-hybridized carbons (Fsp3) is 0.333. The lowest BCUT2D eigenvalue weighted by molar-refractivity contribution is 0.284. The minimum absolute atomic E-state index is 0.571. The van der Waals surface area contributed by atoms with Crippen molar-refractivity contribution in [2.24, 2.45) is 0 Å². The van der Waals surface area contributed by atoms with Gasteiger partial charge in [-0.05, 0) is 38.6 Å². The molecule has 4 rings (SSSR count). The van der Waals surface area contributed by atoms with E-state index in [4.69, 9.17) is 4.98 Å². The second-order valence-corrected chi connectivity index (χ2v) is 6.03. The number of pyridine rings is 1. The lowest BCUT2D eigenvalue weighted by Crippen LogP contribution is -2.29. The number of aromatic nitrogens is 3. The van der Waals surface area contributed by atoms with E-state index in [9.17, 15) is 0 Å². The van der Waals surface area contributed by atoms with Crippen LogP contribution in [0.15, 0.2) is 48.7 Å². The Kier molecular flexibility index (Phi) is 3.39. The van der Waals surface area contributed by atoms with Crippen molar-refractivity contribution in [3.05, 3.63) is 48.7 Å². The van der Waals surface area contributed by atoms with Crippen molar-refractivity contribution in [1.82, 2.24) is 19.4 Å². The third-order valence-corrected chi connectivity index (χ3v) is 4.60. The van der Waals surface area contributed by atoms with Gasteiger partial charge in [0.15, 0.2) is 5.65 Å². The first-order chi connectivity index (χ1) is 10.8. The van der Waals surface area contributed by atoms with E-state index < -0.39 is 0 Å². The zero-order chi connectivity index (χ0) is 14.9. The molecule has 22 heavy (non-hydrogen) atoms. The highest BCUT2D eigenvalue weighted by molar-refractivity contribution is 5.77. The topological polar surface area (TPSA) is 34.0 Å². The molecule has 0 aliphatic carbocycles. The van der Waals surface area contributed by atoms with Crippen LogP contribution < -0.4 is 0 Å². The maximum atomic E-state index is 4.83. The van der Waals surface area contributed by atoms with Crippen molar-refractivity contribution in [1.29, 1.82) is 0 Å². The highest BCUT2D eigenvalue weighted by Crippen LogP contribution is 2.26. The van der Waals surface area contributed by atoms with E-state index in [1.807, 2.05) is 24.4 Å². The van der Waals surface area contributed by atoms with Gasteiger partial charge < -0.3 is 9.47 Å². The fourth-order valence-corrected chi connectivity index (χ4v) is 3.36. The summed E-state index contributed by atoms with van der Waals surface area (Å²) in [5, 5.41) is 0. The molecule has 4 heteroatoms. The number of rotatable bonds is 3. The Morgan fingerprint density at radius 2 is 2.00 bits per heavy atom. The molecule has 3 aromatic rings. The summed E-state index contributed by atoms with van der Waals surface area (Å²) >= 11 is 0. The molecule has 3 heterocycles. The van der Waals surface area contributed by atoms with Gasteiger partial charge in [-0.1, -0.05) is 30.3 Å². The van der Waals surface area contributed by atoms with Crippen LogP contribution in [0.25, 0.3) is 22.6 Å². The lowest BCUT2D eigenvalue weighted by Gasteiger charge is -2.21. The van der Waals surface area contributed by atoms with Crippen LogP contribution in [0, 0.1) is 0 Å². The Balaban J connectivity index is 1.83. The fourth-order valence-electron chi connectivity index (χ4n) is 3.36. The van der Waals surface area contributed by atoms with Crippen LogP contribution in [0.2, 0.25) is 0 Å². The number of benzene rings is 1. The van der Waals surface area contributed by atoms with Gasteiger partial charge in [-0.25, -0.2) is 9.97 Å². The maximum absolute atomic E-state index is 4.83. The number of nitrogens with zero attached hydrogens (tertiary/aromatic N) is 4. The van der Waals surface area contributed by atoms with E-state index in [-0.39, 0.29) is 0 Å². The lowest BCUT2D eigenvalue weighted by atomic mass is 10.2. The molecule has 0 spiro atoms. The molecule has 1 saturated heterocycles. The zero-order valence-electron chi connectivity index (χ0n) is 12.8. The average molecular weight is 292 g/mol. The van der Waals surface area contributed by atoms with Crippen molar-refractivity contribution < 1.29 is 0 Å². The van der Waals surface area contributed by atoms with Crippen LogP contribution in [-0.2, 0) is 6.54 Å². The number of hydrogen-bond donors (Lipinski definition) is 0. The molecule has 1 atom stereocenters. The predicted molar refractivity (Wildman–Crippen MR) is 88.6 cm³/mol. The number of likely N-dealkylation sites (tertiary alicyclic amines) is 1. The second-order valence-electron chi connectivity index (χ2n) is 6.03. The molecule has 0 amide bonds. The van der Waals surface area contributed by atoms with Gasteiger partial charge in [0.2, 0.25) is 0 Å².